The van der Waals surface area contributed by atoms with Crippen LogP contribution in [-0.4, -0.2) is 33.9 Å². The van der Waals surface area contributed by atoms with Crippen molar-refractivity contribution in [1.82, 2.24) is 14.3 Å². The predicted molar refractivity (Wildman–Crippen MR) is 112 cm³/mol. The van der Waals surface area contributed by atoms with E-state index in [2.05, 4.69) is 16.7 Å². The summed E-state index contributed by atoms with van der Waals surface area (Å²) in [6.45, 7) is 8.38. The number of likely N-dealkylation sites (tertiary alicyclic amines) is 1. The molecule has 1 aromatic carbocycles. The van der Waals surface area contributed by atoms with Crippen molar-refractivity contribution in [2.75, 3.05) is 24.5 Å². The molecule has 1 saturated heterocycles. The van der Waals surface area contributed by atoms with E-state index in [-0.39, 0.29) is 11.4 Å². The van der Waals surface area contributed by atoms with Crippen molar-refractivity contribution in [3.05, 3.63) is 62.8 Å². The van der Waals surface area contributed by atoms with Crippen LogP contribution in [0, 0.1) is 12.7 Å². The van der Waals surface area contributed by atoms with Gasteiger partial charge in [-0.25, -0.2) is 9.37 Å². The van der Waals surface area contributed by atoms with Crippen LogP contribution >= 0.6 is 11.3 Å². The van der Waals surface area contributed by atoms with Crippen LogP contribution in [-0.2, 0) is 13.1 Å². The lowest BCUT2D eigenvalue weighted by Gasteiger charge is -2.22. The quantitative estimate of drug-likeness (QED) is 0.631. The van der Waals surface area contributed by atoms with Crippen molar-refractivity contribution in [2.45, 2.75) is 39.8 Å². The first-order chi connectivity index (χ1) is 13.5. The average molecular weight is 401 g/mol. The molecule has 1 aliphatic heterocycles. The standard InChI is InChI=1S/C21H25FN4OS/c1-3-25(18-8-6-16(22)7-9-18)13-17-12-20(27)26-19(14-24-10-4-5-11-24)15(2)28-21(26)23-17/h6-9,12H,3-5,10-11,13-14H2,1-2H3. The van der Waals surface area contributed by atoms with Crippen LogP contribution in [0.1, 0.15) is 36.0 Å². The second kappa shape index (κ2) is 8.01. The number of aromatic nitrogens is 2. The molecule has 2 aromatic heterocycles. The van der Waals surface area contributed by atoms with Crippen molar-refractivity contribution >= 4 is 22.0 Å². The smallest absolute Gasteiger partial charge is 0.259 e. The van der Waals surface area contributed by atoms with Gasteiger partial charge in [0.25, 0.3) is 5.56 Å². The van der Waals surface area contributed by atoms with Gasteiger partial charge in [-0.2, -0.15) is 0 Å². The fraction of sp³-hybridized carbons (Fsp3) is 0.429. The molecule has 0 amide bonds. The zero-order valence-electron chi connectivity index (χ0n) is 16.3. The minimum atomic E-state index is -0.253. The highest BCUT2D eigenvalue weighted by atomic mass is 32.1. The number of hydrogen-bond acceptors (Lipinski definition) is 5. The van der Waals surface area contributed by atoms with Crippen molar-refractivity contribution in [2.24, 2.45) is 0 Å². The average Bonchev–Trinajstić information content (AvgIpc) is 3.29. The maximum Gasteiger partial charge on any atom is 0.259 e. The molecule has 0 spiro atoms. The third-order valence-corrected chi connectivity index (χ3v) is 6.36. The van der Waals surface area contributed by atoms with Gasteiger partial charge >= 0.3 is 0 Å². The molecule has 148 valence electrons. The van der Waals surface area contributed by atoms with Gasteiger partial charge in [0.2, 0.25) is 0 Å². The van der Waals surface area contributed by atoms with Crippen LogP contribution in [0.4, 0.5) is 10.1 Å². The number of halogens is 1. The number of hydrogen-bond donors (Lipinski definition) is 0. The zero-order valence-corrected chi connectivity index (χ0v) is 17.1. The highest BCUT2D eigenvalue weighted by Gasteiger charge is 2.19. The van der Waals surface area contributed by atoms with E-state index in [9.17, 15) is 9.18 Å². The molecule has 0 N–H and O–H groups in total. The van der Waals surface area contributed by atoms with Gasteiger partial charge in [-0.15, -0.1) is 11.3 Å². The van der Waals surface area contributed by atoms with Gasteiger partial charge in [-0.05, 0) is 64.0 Å². The number of aryl methyl sites for hydroxylation is 1. The van der Waals surface area contributed by atoms with Gasteiger partial charge in [0.15, 0.2) is 4.96 Å². The molecule has 0 unspecified atom stereocenters. The minimum Gasteiger partial charge on any atom is -0.366 e. The number of anilines is 1. The predicted octanol–water partition coefficient (Wildman–Crippen LogP) is 3.83. The lowest BCUT2D eigenvalue weighted by molar-refractivity contribution is 0.325. The number of thiazole rings is 1. The molecule has 0 aliphatic carbocycles. The summed E-state index contributed by atoms with van der Waals surface area (Å²) >= 11 is 1.58. The fourth-order valence-electron chi connectivity index (χ4n) is 3.83. The Bertz CT molecular complexity index is 1020. The van der Waals surface area contributed by atoms with E-state index >= 15 is 0 Å². The Balaban J connectivity index is 1.63. The van der Waals surface area contributed by atoms with Crippen LogP contribution in [0.5, 0.6) is 0 Å². The van der Waals surface area contributed by atoms with E-state index in [1.54, 1.807) is 33.9 Å². The monoisotopic (exact) mass is 400 g/mol. The van der Waals surface area contributed by atoms with Gasteiger partial charge in [-0.1, -0.05) is 0 Å². The van der Waals surface area contributed by atoms with Crippen LogP contribution in [0.25, 0.3) is 4.96 Å². The zero-order chi connectivity index (χ0) is 19.7. The molecule has 3 aromatic rings. The van der Waals surface area contributed by atoms with E-state index < -0.39 is 0 Å². The van der Waals surface area contributed by atoms with Gasteiger partial charge in [0.05, 0.1) is 17.9 Å². The molecule has 1 aliphatic rings. The summed E-state index contributed by atoms with van der Waals surface area (Å²) in [7, 11) is 0. The van der Waals surface area contributed by atoms with Crippen LogP contribution in [0.15, 0.2) is 35.1 Å². The van der Waals surface area contributed by atoms with Crippen molar-refractivity contribution < 1.29 is 4.39 Å². The van der Waals surface area contributed by atoms with Crippen molar-refractivity contribution in [3.63, 3.8) is 0 Å². The van der Waals surface area contributed by atoms with E-state index in [4.69, 9.17) is 4.98 Å². The lowest BCUT2D eigenvalue weighted by Crippen LogP contribution is -2.26. The molecule has 7 heteroatoms. The molecule has 1 fully saturated rings. The lowest BCUT2D eigenvalue weighted by atomic mass is 10.2. The Morgan fingerprint density at radius 1 is 1.21 bits per heavy atom. The molecule has 28 heavy (non-hydrogen) atoms. The van der Waals surface area contributed by atoms with Crippen LogP contribution in [0.2, 0.25) is 0 Å². The molecule has 3 heterocycles. The molecule has 4 rings (SSSR count). The van der Waals surface area contributed by atoms with Gasteiger partial charge in [0.1, 0.15) is 5.82 Å². The topological polar surface area (TPSA) is 40.9 Å². The largest absolute Gasteiger partial charge is 0.366 e. The molecule has 5 nitrogen and oxygen atoms in total. The summed E-state index contributed by atoms with van der Waals surface area (Å²) in [5.41, 5.74) is 2.71. The Kier molecular flexibility index (Phi) is 5.46. The van der Waals surface area contributed by atoms with E-state index in [0.717, 1.165) is 53.1 Å². The number of nitrogens with zero attached hydrogens (tertiary/aromatic N) is 4. The molecular weight excluding hydrogens is 375 g/mol. The fourth-order valence-corrected chi connectivity index (χ4v) is 4.83. The van der Waals surface area contributed by atoms with Gasteiger partial charge < -0.3 is 4.90 Å². The SMILES string of the molecule is CCN(Cc1cc(=O)n2c(CN3CCCC3)c(C)sc2n1)c1ccc(F)cc1. The number of rotatable bonds is 6. The van der Waals surface area contributed by atoms with Gasteiger partial charge in [-0.3, -0.25) is 14.1 Å². The highest BCUT2D eigenvalue weighted by Crippen LogP contribution is 2.24. The van der Waals surface area contributed by atoms with E-state index in [1.807, 2.05) is 6.92 Å². The van der Waals surface area contributed by atoms with E-state index in [1.165, 1.54) is 25.0 Å². The highest BCUT2D eigenvalue weighted by molar-refractivity contribution is 7.17. The Hall–Kier alpha value is -2.25. The first-order valence-corrected chi connectivity index (χ1v) is 10.6. The summed E-state index contributed by atoms with van der Waals surface area (Å²) in [5.74, 6) is -0.253. The molecule has 0 saturated carbocycles. The number of benzene rings is 1. The van der Waals surface area contributed by atoms with Crippen LogP contribution in [0.3, 0.4) is 0 Å². The molecule has 0 radical (unpaired) electrons. The summed E-state index contributed by atoms with van der Waals surface area (Å²) in [5, 5.41) is 0. The summed E-state index contributed by atoms with van der Waals surface area (Å²) < 4.78 is 15.0. The molecule has 0 atom stereocenters. The Morgan fingerprint density at radius 2 is 1.93 bits per heavy atom. The first kappa shape index (κ1) is 19.1. The summed E-state index contributed by atoms with van der Waals surface area (Å²) in [6, 6.07) is 8.06. The molecular formula is C21H25FN4OS. The normalized spacial score (nSPS) is 14.8. The summed E-state index contributed by atoms with van der Waals surface area (Å²) in [4.78, 5) is 24.1. The molecule has 0 bridgehead atoms. The maximum atomic E-state index is 13.2. The Morgan fingerprint density at radius 3 is 2.61 bits per heavy atom. The van der Waals surface area contributed by atoms with E-state index in [0.29, 0.717) is 6.54 Å². The Labute approximate surface area is 168 Å². The maximum absolute atomic E-state index is 13.2. The third kappa shape index (κ3) is 3.82. The second-order valence-corrected chi connectivity index (χ2v) is 8.46. The third-order valence-electron chi connectivity index (χ3n) is 5.36. The van der Waals surface area contributed by atoms with Crippen LogP contribution < -0.4 is 10.5 Å². The minimum absolute atomic E-state index is 0.0197. The second-order valence-electron chi connectivity index (χ2n) is 7.28. The summed E-state index contributed by atoms with van der Waals surface area (Å²) in [6.07, 6.45) is 2.46. The van der Waals surface area contributed by atoms with Crippen molar-refractivity contribution in [1.29, 1.82) is 0 Å². The van der Waals surface area contributed by atoms with Crippen molar-refractivity contribution in [3.8, 4) is 0 Å². The van der Waals surface area contributed by atoms with Gasteiger partial charge in [0, 0.05) is 29.7 Å². The first-order valence-electron chi connectivity index (χ1n) is 9.79. The number of fused-ring (bicyclic) bond motifs is 1.